The van der Waals surface area contributed by atoms with Crippen molar-refractivity contribution in [3.05, 3.63) is 36.4 Å². The maximum Gasteiger partial charge on any atom is 0.167 e. The molecule has 1 aromatic carbocycles. The van der Waals surface area contributed by atoms with E-state index >= 15 is 0 Å². The molecule has 2 rings (SSSR count). The number of nitrogen functional groups attached to an aromatic ring is 1. The molecule has 17 heavy (non-hydrogen) atoms. The molecule has 0 amide bonds. The van der Waals surface area contributed by atoms with Gasteiger partial charge in [-0.2, -0.15) is 0 Å². The van der Waals surface area contributed by atoms with Crippen molar-refractivity contribution in [1.29, 1.82) is 0 Å². The first-order valence-electron chi connectivity index (χ1n) is 4.87. The largest absolute Gasteiger partial charge is 0.494 e. The van der Waals surface area contributed by atoms with Gasteiger partial charge in [-0.05, 0) is 12.1 Å². The Bertz CT molecular complexity index is 533. The molecule has 0 aliphatic rings. The number of hydrogen-bond donors (Lipinski definition) is 2. The monoisotopic (exact) mass is 234 g/mol. The second-order valence-corrected chi connectivity index (χ2v) is 3.30. The molecule has 0 aliphatic carbocycles. The van der Waals surface area contributed by atoms with Crippen LogP contribution in [0.2, 0.25) is 0 Å². The number of nitrogens with zero attached hydrogens (tertiary/aromatic N) is 2. The predicted octanol–water partition coefficient (Wildman–Crippen LogP) is 1.95. The van der Waals surface area contributed by atoms with Gasteiger partial charge in [-0.15, -0.1) is 0 Å². The van der Waals surface area contributed by atoms with Crippen LogP contribution >= 0.6 is 0 Å². The van der Waals surface area contributed by atoms with Gasteiger partial charge < -0.3 is 15.8 Å². The molecule has 0 fully saturated rings. The lowest BCUT2D eigenvalue weighted by Crippen LogP contribution is -1.98. The Morgan fingerprint density at radius 3 is 2.76 bits per heavy atom. The van der Waals surface area contributed by atoms with Gasteiger partial charge in [0.2, 0.25) is 0 Å². The maximum atomic E-state index is 13.4. The van der Waals surface area contributed by atoms with E-state index in [1.807, 2.05) is 0 Å². The molecule has 1 heterocycles. The second-order valence-electron chi connectivity index (χ2n) is 3.30. The minimum atomic E-state index is -0.445. The van der Waals surface area contributed by atoms with Gasteiger partial charge in [-0.25, -0.2) is 14.4 Å². The summed E-state index contributed by atoms with van der Waals surface area (Å²) in [5.41, 5.74) is 6.06. The molecule has 2 aromatic rings. The molecular weight excluding hydrogens is 223 g/mol. The van der Waals surface area contributed by atoms with E-state index in [1.165, 1.54) is 25.6 Å². The average Bonchev–Trinajstić information content (AvgIpc) is 2.29. The Hall–Kier alpha value is -2.37. The van der Waals surface area contributed by atoms with Gasteiger partial charge in [-0.1, -0.05) is 0 Å². The van der Waals surface area contributed by atoms with Crippen molar-refractivity contribution < 1.29 is 9.13 Å². The summed E-state index contributed by atoms with van der Waals surface area (Å²) in [6.45, 7) is 0. The summed E-state index contributed by atoms with van der Waals surface area (Å²) in [5.74, 6) is 0.593. The van der Waals surface area contributed by atoms with E-state index in [2.05, 4.69) is 15.3 Å². The fourth-order valence-corrected chi connectivity index (χ4v) is 1.33. The first-order chi connectivity index (χ1) is 8.19. The van der Waals surface area contributed by atoms with E-state index in [0.717, 1.165) is 0 Å². The number of nitrogens with one attached hydrogen (secondary N) is 1. The van der Waals surface area contributed by atoms with Gasteiger partial charge >= 0.3 is 0 Å². The minimum Gasteiger partial charge on any atom is -0.494 e. The van der Waals surface area contributed by atoms with Crippen molar-refractivity contribution in [2.45, 2.75) is 0 Å². The number of anilines is 3. The van der Waals surface area contributed by atoms with Crippen LogP contribution in [0.1, 0.15) is 0 Å². The Morgan fingerprint density at radius 2 is 2.12 bits per heavy atom. The first-order valence-corrected chi connectivity index (χ1v) is 4.87. The molecule has 5 nitrogen and oxygen atoms in total. The number of nitrogens with two attached hydrogens (primary N) is 1. The van der Waals surface area contributed by atoms with Gasteiger partial charge in [0.05, 0.1) is 7.11 Å². The fraction of sp³-hybridized carbons (Fsp3) is 0.0909. The highest BCUT2D eigenvalue weighted by molar-refractivity contribution is 5.59. The Kier molecular flexibility index (Phi) is 3.04. The molecule has 0 spiro atoms. The van der Waals surface area contributed by atoms with Crippen molar-refractivity contribution in [3.63, 3.8) is 0 Å². The summed E-state index contributed by atoms with van der Waals surface area (Å²) in [4.78, 5) is 7.71. The zero-order valence-corrected chi connectivity index (χ0v) is 9.14. The number of halogens is 1. The topological polar surface area (TPSA) is 73.1 Å². The Morgan fingerprint density at radius 1 is 1.29 bits per heavy atom. The van der Waals surface area contributed by atoms with E-state index in [9.17, 15) is 4.39 Å². The molecule has 3 N–H and O–H groups in total. The summed E-state index contributed by atoms with van der Waals surface area (Å²) < 4.78 is 18.2. The van der Waals surface area contributed by atoms with Crippen LogP contribution in [0, 0.1) is 5.82 Å². The van der Waals surface area contributed by atoms with Crippen molar-refractivity contribution >= 4 is 17.3 Å². The van der Waals surface area contributed by atoms with Gasteiger partial charge in [-0.3, -0.25) is 0 Å². The minimum absolute atomic E-state index is 0.192. The van der Waals surface area contributed by atoms with E-state index in [4.69, 9.17) is 10.5 Å². The Labute approximate surface area is 97.5 Å². The summed E-state index contributed by atoms with van der Waals surface area (Å²) in [6.07, 6.45) is 1.33. The fourth-order valence-electron chi connectivity index (χ4n) is 1.33. The molecule has 0 unspecified atom stereocenters. The highest BCUT2D eigenvalue weighted by atomic mass is 19.1. The van der Waals surface area contributed by atoms with Crippen molar-refractivity contribution in [2.24, 2.45) is 0 Å². The number of rotatable bonds is 3. The lowest BCUT2D eigenvalue weighted by Gasteiger charge is -2.07. The third-order valence-electron chi connectivity index (χ3n) is 2.11. The Balaban J connectivity index is 2.22. The lowest BCUT2D eigenvalue weighted by molar-refractivity contribution is 0.386. The highest BCUT2D eigenvalue weighted by Crippen LogP contribution is 2.22. The zero-order valence-electron chi connectivity index (χ0n) is 9.14. The quantitative estimate of drug-likeness (QED) is 0.849. The third kappa shape index (κ3) is 2.60. The van der Waals surface area contributed by atoms with Gasteiger partial charge in [0.1, 0.15) is 18.0 Å². The van der Waals surface area contributed by atoms with E-state index < -0.39 is 5.82 Å². The second kappa shape index (κ2) is 4.65. The van der Waals surface area contributed by atoms with E-state index in [1.54, 1.807) is 12.1 Å². The van der Waals surface area contributed by atoms with Crippen LogP contribution in [-0.2, 0) is 0 Å². The van der Waals surface area contributed by atoms with Crippen LogP contribution in [-0.4, -0.2) is 17.1 Å². The maximum absolute atomic E-state index is 13.4. The molecule has 0 atom stereocenters. The molecule has 0 saturated heterocycles. The predicted molar refractivity (Wildman–Crippen MR) is 62.7 cm³/mol. The first kappa shape index (κ1) is 11.1. The molecule has 6 heteroatoms. The molecule has 0 bridgehead atoms. The number of benzene rings is 1. The summed E-state index contributed by atoms with van der Waals surface area (Å²) in [5, 5.41) is 2.91. The lowest BCUT2D eigenvalue weighted by atomic mass is 10.3. The molecule has 0 saturated carbocycles. The number of methoxy groups -OCH3 is 1. The van der Waals surface area contributed by atoms with Gasteiger partial charge in [0.25, 0.3) is 0 Å². The van der Waals surface area contributed by atoms with Crippen LogP contribution in [0.5, 0.6) is 5.75 Å². The summed E-state index contributed by atoms with van der Waals surface area (Å²) >= 11 is 0. The SMILES string of the molecule is COc1ccc(Nc2cc(N)ncn2)cc1F. The molecule has 1 aromatic heterocycles. The van der Waals surface area contributed by atoms with Crippen LogP contribution in [0.4, 0.5) is 21.7 Å². The van der Waals surface area contributed by atoms with Gasteiger partial charge in [0.15, 0.2) is 11.6 Å². The van der Waals surface area contributed by atoms with Crippen molar-refractivity contribution in [3.8, 4) is 5.75 Å². The van der Waals surface area contributed by atoms with Crippen LogP contribution in [0.3, 0.4) is 0 Å². The molecule has 0 aliphatic heterocycles. The molecule has 0 radical (unpaired) electrons. The van der Waals surface area contributed by atoms with Crippen LogP contribution in [0.15, 0.2) is 30.6 Å². The van der Waals surface area contributed by atoms with Crippen LogP contribution in [0.25, 0.3) is 0 Å². The van der Waals surface area contributed by atoms with Crippen LogP contribution < -0.4 is 15.8 Å². The number of ether oxygens (including phenoxy) is 1. The van der Waals surface area contributed by atoms with Crippen molar-refractivity contribution in [1.82, 2.24) is 9.97 Å². The van der Waals surface area contributed by atoms with E-state index in [0.29, 0.717) is 17.3 Å². The molecular formula is C11H11FN4O. The zero-order chi connectivity index (χ0) is 12.3. The number of hydrogen-bond acceptors (Lipinski definition) is 5. The standard InChI is InChI=1S/C11H11FN4O/c1-17-9-3-2-7(4-8(9)12)16-11-5-10(13)14-6-15-11/h2-6H,1H3,(H3,13,14,15,16). The smallest absolute Gasteiger partial charge is 0.167 e. The third-order valence-corrected chi connectivity index (χ3v) is 2.11. The number of aromatic nitrogens is 2. The normalized spacial score (nSPS) is 10.0. The molecule has 88 valence electrons. The van der Waals surface area contributed by atoms with Gasteiger partial charge in [0, 0.05) is 17.8 Å². The summed E-state index contributed by atoms with van der Waals surface area (Å²) in [6, 6.07) is 6.09. The highest BCUT2D eigenvalue weighted by Gasteiger charge is 2.04. The van der Waals surface area contributed by atoms with Crippen molar-refractivity contribution in [2.75, 3.05) is 18.2 Å². The van der Waals surface area contributed by atoms with E-state index in [-0.39, 0.29) is 5.75 Å². The average molecular weight is 234 g/mol. The summed E-state index contributed by atoms with van der Waals surface area (Å²) in [7, 11) is 1.41.